The number of ether oxygens (including phenoxy) is 1. The van der Waals surface area contributed by atoms with Gasteiger partial charge in [-0.1, -0.05) is 0 Å². The standard InChI is InChI=1S/C16H25F3N6O2S.HI/c1-24(2)14(26)10-22-15(20-3-4-25-5-7-27-8-6-25)21-9-13-23-12(11-28-13)16(17,18)19;/h11H,3-10H2,1-2H3,(H2,20,21,22);1H. The van der Waals surface area contributed by atoms with Crippen LogP contribution in [0.5, 0.6) is 0 Å². The average Bonchev–Trinajstić information content (AvgIpc) is 3.13. The van der Waals surface area contributed by atoms with Crippen LogP contribution in [0.4, 0.5) is 13.2 Å². The molecule has 0 aromatic carbocycles. The van der Waals surface area contributed by atoms with E-state index in [9.17, 15) is 18.0 Å². The quantitative estimate of drug-likeness (QED) is 0.302. The van der Waals surface area contributed by atoms with Gasteiger partial charge in [0.05, 0.1) is 19.8 Å². The number of nitrogens with zero attached hydrogens (tertiary/aromatic N) is 4. The van der Waals surface area contributed by atoms with E-state index in [4.69, 9.17) is 4.74 Å². The summed E-state index contributed by atoms with van der Waals surface area (Å²) >= 11 is 0.921. The van der Waals surface area contributed by atoms with Gasteiger partial charge >= 0.3 is 6.18 Å². The molecule has 1 saturated heterocycles. The number of rotatable bonds is 7. The third-order valence-electron chi connectivity index (χ3n) is 3.94. The third-order valence-corrected chi connectivity index (χ3v) is 4.79. The zero-order chi connectivity index (χ0) is 20.6. The number of alkyl halides is 3. The summed E-state index contributed by atoms with van der Waals surface area (Å²) in [6.45, 7) is 4.45. The van der Waals surface area contributed by atoms with Crippen molar-refractivity contribution >= 4 is 47.2 Å². The summed E-state index contributed by atoms with van der Waals surface area (Å²) in [6, 6.07) is 0. The van der Waals surface area contributed by atoms with Gasteiger partial charge < -0.3 is 20.3 Å². The van der Waals surface area contributed by atoms with Gasteiger partial charge in [0.15, 0.2) is 11.7 Å². The number of aliphatic imine (C=N–C) groups is 1. The van der Waals surface area contributed by atoms with E-state index in [1.165, 1.54) is 4.90 Å². The predicted octanol–water partition coefficient (Wildman–Crippen LogP) is 1.24. The van der Waals surface area contributed by atoms with E-state index in [1.807, 2.05) is 0 Å². The number of halogens is 4. The van der Waals surface area contributed by atoms with Crippen molar-refractivity contribution < 1.29 is 22.7 Å². The van der Waals surface area contributed by atoms with Gasteiger partial charge in [-0.2, -0.15) is 13.2 Å². The van der Waals surface area contributed by atoms with Crippen LogP contribution in [0.25, 0.3) is 0 Å². The second-order valence-electron chi connectivity index (χ2n) is 6.31. The van der Waals surface area contributed by atoms with Crippen LogP contribution in [0.15, 0.2) is 10.4 Å². The van der Waals surface area contributed by atoms with Crippen LogP contribution in [-0.4, -0.2) is 86.7 Å². The van der Waals surface area contributed by atoms with Gasteiger partial charge in [-0.25, -0.2) is 9.98 Å². The van der Waals surface area contributed by atoms with Crippen LogP contribution >= 0.6 is 35.3 Å². The summed E-state index contributed by atoms with van der Waals surface area (Å²) < 4.78 is 43.3. The second-order valence-corrected chi connectivity index (χ2v) is 7.25. The highest BCUT2D eigenvalue weighted by atomic mass is 127. The van der Waals surface area contributed by atoms with Crippen molar-refractivity contribution in [1.29, 1.82) is 0 Å². The van der Waals surface area contributed by atoms with Gasteiger partial charge in [-0.3, -0.25) is 9.69 Å². The van der Waals surface area contributed by atoms with Crippen molar-refractivity contribution in [2.24, 2.45) is 4.99 Å². The Balaban J connectivity index is 0.00000420. The number of likely N-dealkylation sites (N-methyl/N-ethyl adjacent to an activating group) is 1. The molecule has 1 aliphatic rings. The first kappa shape index (κ1) is 25.8. The van der Waals surface area contributed by atoms with Crippen LogP contribution in [0.2, 0.25) is 0 Å². The SMILES string of the molecule is CN(C)C(=O)CN=C(NCCN1CCOCC1)NCc1nc(C(F)(F)F)cs1.I. The maximum atomic E-state index is 12.7. The fourth-order valence-corrected chi connectivity index (χ4v) is 3.04. The highest BCUT2D eigenvalue weighted by Crippen LogP contribution is 2.29. The zero-order valence-corrected chi connectivity index (χ0v) is 19.4. The fraction of sp³-hybridized carbons (Fsp3) is 0.688. The lowest BCUT2D eigenvalue weighted by molar-refractivity contribution is -0.140. The van der Waals surface area contributed by atoms with Gasteiger partial charge in [0.25, 0.3) is 0 Å². The number of nitrogens with one attached hydrogen (secondary N) is 2. The van der Waals surface area contributed by atoms with E-state index in [-0.39, 0.29) is 48.0 Å². The number of hydrogen-bond donors (Lipinski definition) is 2. The van der Waals surface area contributed by atoms with E-state index in [1.54, 1.807) is 14.1 Å². The Kier molecular flexibility index (Phi) is 11.1. The molecular formula is C16H26F3IN6O2S. The molecule has 0 atom stereocenters. The topological polar surface area (TPSA) is 82.1 Å². The summed E-state index contributed by atoms with van der Waals surface area (Å²) in [6.07, 6.45) is -4.46. The Morgan fingerprint density at radius 1 is 1.34 bits per heavy atom. The Morgan fingerprint density at radius 3 is 2.62 bits per heavy atom. The highest BCUT2D eigenvalue weighted by Gasteiger charge is 2.33. The minimum atomic E-state index is -4.46. The molecule has 2 rings (SSSR count). The Morgan fingerprint density at radius 2 is 2.03 bits per heavy atom. The van der Waals surface area contributed by atoms with Gasteiger partial charge in [-0.15, -0.1) is 35.3 Å². The molecule has 0 aliphatic carbocycles. The van der Waals surface area contributed by atoms with E-state index < -0.39 is 11.9 Å². The summed E-state index contributed by atoms with van der Waals surface area (Å²) in [5, 5.41) is 7.31. The highest BCUT2D eigenvalue weighted by molar-refractivity contribution is 14.0. The molecule has 13 heteroatoms. The minimum Gasteiger partial charge on any atom is -0.379 e. The molecule has 1 aromatic heterocycles. The van der Waals surface area contributed by atoms with Crippen molar-refractivity contribution in [2.45, 2.75) is 12.7 Å². The van der Waals surface area contributed by atoms with E-state index in [2.05, 4.69) is 25.5 Å². The van der Waals surface area contributed by atoms with Crippen LogP contribution in [0.3, 0.4) is 0 Å². The first-order valence-corrected chi connectivity index (χ1v) is 9.67. The molecule has 1 amide bonds. The molecule has 0 bridgehead atoms. The first-order chi connectivity index (χ1) is 13.3. The zero-order valence-electron chi connectivity index (χ0n) is 16.3. The molecule has 0 spiro atoms. The van der Waals surface area contributed by atoms with Crippen molar-refractivity contribution in [1.82, 2.24) is 25.4 Å². The first-order valence-electron chi connectivity index (χ1n) is 8.79. The molecule has 29 heavy (non-hydrogen) atoms. The van der Waals surface area contributed by atoms with E-state index >= 15 is 0 Å². The lowest BCUT2D eigenvalue weighted by Gasteiger charge is -2.26. The van der Waals surface area contributed by atoms with Gasteiger partial charge in [0.1, 0.15) is 11.6 Å². The molecule has 8 nitrogen and oxygen atoms in total. The minimum absolute atomic E-state index is 0. The fourth-order valence-electron chi connectivity index (χ4n) is 2.30. The largest absolute Gasteiger partial charge is 0.434 e. The molecule has 2 heterocycles. The Bertz CT molecular complexity index is 665. The van der Waals surface area contributed by atoms with Crippen molar-refractivity contribution in [2.75, 3.05) is 60.0 Å². The Labute approximate surface area is 188 Å². The number of morpholine rings is 1. The molecule has 1 fully saturated rings. The smallest absolute Gasteiger partial charge is 0.379 e. The summed E-state index contributed by atoms with van der Waals surface area (Å²) in [5.41, 5.74) is -0.907. The van der Waals surface area contributed by atoms with Gasteiger partial charge in [0.2, 0.25) is 5.91 Å². The lowest BCUT2D eigenvalue weighted by Crippen LogP contribution is -2.44. The molecular weight excluding hydrogens is 524 g/mol. The molecule has 0 radical (unpaired) electrons. The molecule has 0 saturated carbocycles. The van der Waals surface area contributed by atoms with Crippen LogP contribution < -0.4 is 10.6 Å². The summed E-state index contributed by atoms with van der Waals surface area (Å²) in [7, 11) is 3.26. The molecule has 2 N–H and O–H groups in total. The van der Waals surface area contributed by atoms with Crippen molar-refractivity contribution in [3.63, 3.8) is 0 Å². The number of thiazole rings is 1. The Hall–Kier alpha value is -1.19. The average molecular weight is 550 g/mol. The van der Waals surface area contributed by atoms with Crippen molar-refractivity contribution in [3.05, 3.63) is 16.1 Å². The van der Waals surface area contributed by atoms with Gasteiger partial charge in [0, 0.05) is 45.7 Å². The number of guanidine groups is 1. The lowest BCUT2D eigenvalue weighted by atomic mass is 10.4. The summed E-state index contributed by atoms with van der Waals surface area (Å²) in [5.74, 6) is 0.176. The predicted molar refractivity (Wildman–Crippen MR) is 116 cm³/mol. The number of amides is 1. The number of hydrogen-bond acceptors (Lipinski definition) is 6. The number of carbonyl (C=O) groups is 1. The summed E-state index contributed by atoms with van der Waals surface area (Å²) in [4.78, 5) is 23.2. The normalized spacial score (nSPS) is 15.6. The van der Waals surface area contributed by atoms with E-state index in [0.29, 0.717) is 25.7 Å². The molecule has 1 aromatic rings. The monoisotopic (exact) mass is 550 g/mol. The maximum absolute atomic E-state index is 12.7. The molecule has 1 aliphatic heterocycles. The second kappa shape index (κ2) is 12.5. The molecule has 0 unspecified atom stereocenters. The maximum Gasteiger partial charge on any atom is 0.434 e. The van der Waals surface area contributed by atoms with Crippen LogP contribution in [-0.2, 0) is 22.3 Å². The van der Waals surface area contributed by atoms with Crippen molar-refractivity contribution in [3.8, 4) is 0 Å². The number of carbonyl (C=O) groups excluding carboxylic acids is 1. The van der Waals surface area contributed by atoms with Crippen LogP contribution in [0, 0.1) is 0 Å². The number of aromatic nitrogens is 1. The van der Waals surface area contributed by atoms with Crippen LogP contribution in [0.1, 0.15) is 10.7 Å². The third kappa shape index (κ3) is 9.44. The van der Waals surface area contributed by atoms with E-state index in [0.717, 1.165) is 36.4 Å². The van der Waals surface area contributed by atoms with Gasteiger partial charge in [-0.05, 0) is 0 Å². The molecule has 166 valence electrons.